The van der Waals surface area contributed by atoms with Gasteiger partial charge >= 0.3 is 0 Å². The normalized spacial score (nSPS) is 17.1. The predicted octanol–water partition coefficient (Wildman–Crippen LogP) is 3.77. The van der Waals surface area contributed by atoms with Crippen molar-refractivity contribution in [3.05, 3.63) is 47.4 Å². The monoisotopic (exact) mass is 405 g/mol. The van der Waals surface area contributed by atoms with Gasteiger partial charge in [0, 0.05) is 23.9 Å². The molecule has 30 heavy (non-hydrogen) atoms. The first kappa shape index (κ1) is 18.8. The molecule has 3 aromatic rings. The predicted molar refractivity (Wildman–Crippen MR) is 113 cm³/mol. The van der Waals surface area contributed by atoms with E-state index in [1.807, 2.05) is 18.3 Å². The first-order chi connectivity index (χ1) is 14.7. The molecule has 2 aromatic heterocycles. The third-order valence-corrected chi connectivity index (χ3v) is 5.85. The van der Waals surface area contributed by atoms with E-state index in [0.717, 1.165) is 62.3 Å². The molecule has 1 aromatic carbocycles. The summed E-state index contributed by atoms with van der Waals surface area (Å²) in [6, 6.07) is 8.12. The molecule has 0 bridgehead atoms. The van der Waals surface area contributed by atoms with Crippen molar-refractivity contribution in [2.24, 2.45) is 5.92 Å². The van der Waals surface area contributed by atoms with Crippen LogP contribution < -0.4 is 16.0 Å². The molecule has 0 unspecified atom stereocenters. The van der Waals surface area contributed by atoms with E-state index in [0.29, 0.717) is 23.3 Å². The molecule has 0 radical (unpaired) electrons. The second kappa shape index (κ2) is 7.92. The number of benzene rings is 1. The molecule has 8 heteroatoms. The summed E-state index contributed by atoms with van der Waals surface area (Å²) in [5.74, 6) is 2.15. The van der Waals surface area contributed by atoms with Crippen LogP contribution in [-0.4, -0.2) is 34.2 Å². The fourth-order valence-electron chi connectivity index (χ4n) is 4.05. The lowest BCUT2D eigenvalue weighted by Gasteiger charge is -2.23. The van der Waals surface area contributed by atoms with Gasteiger partial charge in [-0.1, -0.05) is 0 Å². The van der Waals surface area contributed by atoms with Crippen LogP contribution in [0.1, 0.15) is 42.7 Å². The van der Waals surface area contributed by atoms with Gasteiger partial charge in [-0.3, -0.25) is 0 Å². The van der Waals surface area contributed by atoms with Crippen LogP contribution in [0.2, 0.25) is 0 Å². The van der Waals surface area contributed by atoms with Crippen molar-refractivity contribution in [3.63, 3.8) is 0 Å². The molecular formula is C22H24FN7. The molecule has 7 nitrogen and oxygen atoms in total. The number of nitrogens with zero attached hydrogens (tertiary/aromatic N) is 4. The van der Waals surface area contributed by atoms with Gasteiger partial charge in [0.25, 0.3) is 0 Å². The van der Waals surface area contributed by atoms with Crippen molar-refractivity contribution in [2.75, 3.05) is 30.3 Å². The third-order valence-electron chi connectivity index (χ3n) is 5.85. The maximum Gasteiger partial charge on any atom is 0.163 e. The zero-order valence-electron chi connectivity index (χ0n) is 16.7. The summed E-state index contributed by atoms with van der Waals surface area (Å²) in [5, 5.41) is 23.8. The number of hydrogen-bond donors (Lipinski definition) is 3. The van der Waals surface area contributed by atoms with Crippen LogP contribution in [0.3, 0.4) is 0 Å². The Morgan fingerprint density at radius 1 is 1.17 bits per heavy atom. The second-order valence-electron chi connectivity index (χ2n) is 8.18. The molecule has 1 saturated heterocycles. The molecule has 0 amide bonds. The third kappa shape index (κ3) is 3.94. The van der Waals surface area contributed by atoms with Crippen LogP contribution in [-0.2, 0) is 0 Å². The molecule has 154 valence electrons. The number of anilines is 3. The van der Waals surface area contributed by atoms with Gasteiger partial charge < -0.3 is 16.0 Å². The maximum atomic E-state index is 13.9. The smallest absolute Gasteiger partial charge is 0.163 e. The van der Waals surface area contributed by atoms with Crippen LogP contribution in [0, 0.1) is 23.1 Å². The highest BCUT2D eigenvalue weighted by Crippen LogP contribution is 2.42. The lowest BCUT2D eigenvalue weighted by atomic mass is 9.98. The van der Waals surface area contributed by atoms with Gasteiger partial charge in [0.05, 0.1) is 17.8 Å². The molecule has 2 aliphatic rings. The molecule has 2 fully saturated rings. The fraction of sp³-hybridized carbons (Fsp3) is 0.409. The Hall–Kier alpha value is -3.18. The van der Waals surface area contributed by atoms with Crippen LogP contribution in [0.25, 0.3) is 5.65 Å². The van der Waals surface area contributed by atoms with Gasteiger partial charge in [-0.05, 0) is 68.8 Å². The fourth-order valence-corrected chi connectivity index (χ4v) is 4.05. The van der Waals surface area contributed by atoms with E-state index >= 15 is 0 Å². The number of nitriles is 1. The molecule has 1 aliphatic heterocycles. The lowest BCUT2D eigenvalue weighted by molar-refractivity contribution is 0.389. The van der Waals surface area contributed by atoms with E-state index in [9.17, 15) is 4.39 Å². The summed E-state index contributed by atoms with van der Waals surface area (Å²) in [4.78, 5) is 4.84. The first-order valence-electron chi connectivity index (χ1n) is 10.5. The standard InChI is InChI=1S/C22H24FN7/c23-17-7-15(11-24)8-18(9-17)28-21-10-20(26-12-14-3-5-25-6-4-14)29-22-19(16-1-2-16)13-27-30(21)22/h7-10,13-14,16,25,28H,1-6,12H2,(H,26,29). The first-order valence-corrected chi connectivity index (χ1v) is 10.5. The number of aromatic nitrogens is 3. The van der Waals surface area contributed by atoms with Gasteiger partial charge in [0.2, 0.25) is 0 Å². The van der Waals surface area contributed by atoms with Crippen LogP contribution in [0.4, 0.5) is 21.7 Å². The average Bonchev–Trinajstić information content (AvgIpc) is 3.51. The van der Waals surface area contributed by atoms with Crippen molar-refractivity contribution in [1.29, 1.82) is 5.26 Å². The molecule has 1 saturated carbocycles. The number of hydrogen-bond acceptors (Lipinski definition) is 6. The summed E-state index contributed by atoms with van der Waals surface area (Å²) in [5.41, 5.74) is 2.76. The lowest BCUT2D eigenvalue weighted by Crippen LogP contribution is -2.31. The van der Waals surface area contributed by atoms with E-state index in [1.165, 1.54) is 12.1 Å². The van der Waals surface area contributed by atoms with Gasteiger partial charge in [0.1, 0.15) is 17.5 Å². The van der Waals surface area contributed by atoms with E-state index in [2.05, 4.69) is 21.0 Å². The summed E-state index contributed by atoms with van der Waals surface area (Å²) >= 11 is 0. The van der Waals surface area contributed by atoms with Crippen LogP contribution in [0.15, 0.2) is 30.5 Å². The van der Waals surface area contributed by atoms with E-state index in [1.54, 1.807) is 10.6 Å². The van der Waals surface area contributed by atoms with Crippen molar-refractivity contribution >= 4 is 23.0 Å². The van der Waals surface area contributed by atoms with Crippen molar-refractivity contribution in [1.82, 2.24) is 19.9 Å². The van der Waals surface area contributed by atoms with Crippen molar-refractivity contribution in [3.8, 4) is 6.07 Å². The molecule has 0 spiro atoms. The minimum atomic E-state index is -0.453. The van der Waals surface area contributed by atoms with Crippen LogP contribution in [0.5, 0.6) is 0 Å². The zero-order valence-corrected chi connectivity index (χ0v) is 16.7. The van der Waals surface area contributed by atoms with Crippen molar-refractivity contribution in [2.45, 2.75) is 31.6 Å². The van der Waals surface area contributed by atoms with Crippen LogP contribution >= 0.6 is 0 Å². The highest BCUT2D eigenvalue weighted by molar-refractivity contribution is 5.67. The molecule has 3 N–H and O–H groups in total. The summed E-state index contributed by atoms with van der Waals surface area (Å²) in [6.45, 7) is 2.98. The highest BCUT2D eigenvalue weighted by atomic mass is 19.1. The van der Waals surface area contributed by atoms with Gasteiger partial charge in [-0.2, -0.15) is 14.9 Å². The van der Waals surface area contributed by atoms with Crippen molar-refractivity contribution < 1.29 is 4.39 Å². The Kier molecular flexibility index (Phi) is 4.97. The largest absolute Gasteiger partial charge is 0.370 e. The highest BCUT2D eigenvalue weighted by Gasteiger charge is 2.28. The number of piperidine rings is 1. The number of halogens is 1. The average molecular weight is 405 g/mol. The minimum Gasteiger partial charge on any atom is -0.370 e. The van der Waals surface area contributed by atoms with Gasteiger partial charge in [0.15, 0.2) is 5.65 Å². The Morgan fingerprint density at radius 3 is 2.77 bits per heavy atom. The molecule has 0 atom stereocenters. The Bertz CT molecular complexity index is 1110. The summed E-state index contributed by atoms with van der Waals surface area (Å²) < 4.78 is 15.7. The molecule has 5 rings (SSSR count). The minimum absolute atomic E-state index is 0.270. The summed E-state index contributed by atoms with van der Waals surface area (Å²) in [6.07, 6.45) is 6.51. The van der Waals surface area contributed by atoms with Gasteiger partial charge in [-0.25, -0.2) is 9.37 Å². The Balaban J connectivity index is 1.48. The topological polar surface area (TPSA) is 90.1 Å². The Labute approximate surface area is 174 Å². The molecule has 1 aliphatic carbocycles. The molecule has 3 heterocycles. The van der Waals surface area contributed by atoms with E-state index < -0.39 is 5.82 Å². The number of rotatable bonds is 6. The van der Waals surface area contributed by atoms with Gasteiger partial charge in [-0.15, -0.1) is 0 Å². The second-order valence-corrected chi connectivity index (χ2v) is 8.18. The zero-order chi connectivity index (χ0) is 20.5. The SMILES string of the molecule is N#Cc1cc(F)cc(Nc2cc(NCC3CCNCC3)nc3c(C4CC4)cnn23)c1. The Morgan fingerprint density at radius 2 is 2.00 bits per heavy atom. The maximum absolute atomic E-state index is 13.9. The quantitative estimate of drug-likeness (QED) is 0.578. The number of fused-ring (bicyclic) bond motifs is 1. The summed E-state index contributed by atoms with van der Waals surface area (Å²) in [7, 11) is 0. The van der Waals surface area contributed by atoms with E-state index in [4.69, 9.17) is 10.2 Å². The van der Waals surface area contributed by atoms with E-state index in [-0.39, 0.29) is 5.56 Å². The number of nitrogens with one attached hydrogen (secondary N) is 3. The molecular weight excluding hydrogens is 381 g/mol.